The third-order valence-corrected chi connectivity index (χ3v) is 17.6. The lowest BCUT2D eigenvalue weighted by molar-refractivity contribution is -0.109. The number of fused-ring (bicyclic) bond motifs is 3. The van der Waals surface area contributed by atoms with Gasteiger partial charge in [0.25, 0.3) is 0 Å². The number of carbonyl (C=O) groups is 3. The Morgan fingerprint density at radius 2 is 0.980 bits per heavy atom. The molecule has 5 aromatic carbocycles. The summed E-state index contributed by atoms with van der Waals surface area (Å²) in [5.74, 6) is 5.91. The second-order valence-corrected chi connectivity index (χ2v) is 24.3. The molecule has 15 rings (SSSR count). The van der Waals surface area contributed by atoms with E-state index < -0.39 is 0 Å². The first-order valence-corrected chi connectivity index (χ1v) is 33.4. The highest BCUT2D eigenvalue weighted by Gasteiger charge is 2.31. The van der Waals surface area contributed by atoms with Crippen molar-refractivity contribution in [3.05, 3.63) is 205 Å². The van der Waals surface area contributed by atoms with Gasteiger partial charge in [-0.3, -0.25) is 14.7 Å². The maximum atomic E-state index is 11.1. The minimum absolute atomic E-state index is 0.00415. The second kappa shape index (κ2) is 32.9. The van der Waals surface area contributed by atoms with Gasteiger partial charge in [-0.25, -0.2) is 29.9 Å². The van der Waals surface area contributed by atoms with Crippen molar-refractivity contribution in [3.8, 4) is 34.0 Å². The minimum Gasteiger partial charge on any atom is -0.444 e. The first-order chi connectivity index (χ1) is 49.7. The average molecular weight is 1360 g/mol. The molecule has 4 aliphatic rings. The molecule has 4 aliphatic heterocycles. The molecule has 10 heterocycles. The van der Waals surface area contributed by atoms with E-state index in [0.717, 1.165) is 173 Å². The summed E-state index contributed by atoms with van der Waals surface area (Å²) in [6.45, 7) is 6.36. The normalized spacial score (nSPS) is 14.9. The van der Waals surface area contributed by atoms with E-state index in [4.69, 9.17) is 47.9 Å². The summed E-state index contributed by atoms with van der Waals surface area (Å²) < 4.78 is 22.0. The van der Waals surface area contributed by atoms with Gasteiger partial charge in [0.05, 0.1) is 68.5 Å². The van der Waals surface area contributed by atoms with Gasteiger partial charge in [-0.1, -0.05) is 30.3 Å². The van der Waals surface area contributed by atoms with Crippen molar-refractivity contribution in [1.29, 1.82) is 0 Å². The predicted molar refractivity (Wildman–Crippen MR) is 380 cm³/mol. The number of aromatic nitrogens is 9. The molecule has 516 valence electrons. The maximum absolute atomic E-state index is 11.1. The Morgan fingerprint density at radius 1 is 0.515 bits per heavy atom. The Hall–Kier alpha value is -11.5. The van der Waals surface area contributed by atoms with Crippen molar-refractivity contribution in [2.24, 2.45) is 0 Å². The predicted octanol–water partition coefficient (Wildman–Crippen LogP) is 10.2. The van der Waals surface area contributed by atoms with Gasteiger partial charge in [-0.15, -0.1) is 0 Å². The lowest BCUT2D eigenvalue weighted by Crippen LogP contribution is -2.37. The number of rotatable bonds is 24. The number of para-hydroxylation sites is 1. The standard InChI is InChI=1S/C26H26N6O3.C25H24N6O3.C23H26N6O3/c33-14-12-31-11-10-23-22(17-31)25(32(13-15-34)21-4-2-1-3-5-21)30-26(29-23)28-20-8-6-19(7-9-20)24-16-27-18-35-24;32-11-10-31-9-8-22-21(14-31)24(27-20-3-1-2-17(12-20)15-33)30-25(29-22)28-19-6-4-18(5-7-19)23-13-26-16-34-23;1-28(21-3-2-12-31-21)22-18-14-29(10-11-30)9-8-19(18)26-23(27-22)25-17-6-4-16(5-7-17)20-13-24-15-32-20/h1-9,14,16,18,34H,10-13,15,17H2,(H,28,29,30);1-7,11-13,16,33H,8-10,14-15H2,(H2,27,28,29,30);4-7,11,13,15,21H,2-3,8-10,12,14H2,1H3,(H,25,26,27)/t;;21-/m..0/s1. The lowest BCUT2D eigenvalue weighted by Gasteiger charge is -2.32. The summed E-state index contributed by atoms with van der Waals surface area (Å²) in [7, 11) is 2.02. The SMILES string of the molecule is CN(c1nc(Nc2ccc(-c3cnco3)cc2)nc2c1CN(CC=O)CC2)[C@@H]1CCCO1.O=CCN1CCc2nc(Nc3ccc(-c4cnco4)cc3)nc(N(CCO)c3ccccc3)c2C1.O=CCN1CCc2nc(Nc3ccc(-c4cnco4)cc3)nc(Nc3cccc(CO)c3)c2C1. The summed E-state index contributed by atoms with van der Waals surface area (Å²) in [6.07, 6.45) is 16.3. The number of oxazole rings is 3. The third-order valence-electron chi connectivity index (χ3n) is 17.6. The number of anilines is 11. The van der Waals surface area contributed by atoms with Crippen LogP contribution in [0.25, 0.3) is 34.0 Å². The van der Waals surface area contributed by atoms with E-state index in [1.165, 1.54) is 19.2 Å². The number of hydrogen-bond acceptors (Lipinski definition) is 27. The van der Waals surface area contributed by atoms with Crippen LogP contribution in [0.3, 0.4) is 0 Å². The molecule has 0 aliphatic carbocycles. The van der Waals surface area contributed by atoms with Gasteiger partial charge in [0, 0.05) is 141 Å². The number of aliphatic hydroxyl groups excluding tert-OH is 2. The number of aldehydes is 3. The lowest BCUT2D eigenvalue weighted by atomic mass is 10.1. The Bertz CT molecular complexity index is 4510. The summed E-state index contributed by atoms with van der Waals surface area (Å²) in [6, 6.07) is 40.8. The van der Waals surface area contributed by atoms with Gasteiger partial charge in [0.1, 0.15) is 42.5 Å². The molecule has 101 heavy (non-hydrogen) atoms. The van der Waals surface area contributed by atoms with Gasteiger partial charge in [0.2, 0.25) is 17.8 Å². The molecule has 1 atom stereocenters. The monoisotopic (exact) mass is 1360 g/mol. The number of nitrogens with zero attached hydrogens (tertiary/aromatic N) is 14. The van der Waals surface area contributed by atoms with Gasteiger partial charge in [-0.2, -0.15) is 15.0 Å². The molecular weight excluding hydrogens is 1280 g/mol. The minimum atomic E-state index is -0.0403. The Labute approximate surface area is 582 Å². The number of carbonyl (C=O) groups excluding carboxylic acids is 3. The van der Waals surface area contributed by atoms with E-state index in [9.17, 15) is 24.6 Å². The Balaban J connectivity index is 0.000000136. The smallest absolute Gasteiger partial charge is 0.229 e. The van der Waals surface area contributed by atoms with Crippen LogP contribution in [0.2, 0.25) is 0 Å². The van der Waals surface area contributed by atoms with Gasteiger partial charge < -0.3 is 73.7 Å². The Morgan fingerprint density at radius 3 is 1.43 bits per heavy atom. The first-order valence-electron chi connectivity index (χ1n) is 33.4. The second-order valence-electron chi connectivity index (χ2n) is 24.3. The van der Waals surface area contributed by atoms with Crippen LogP contribution < -0.4 is 31.1 Å². The van der Waals surface area contributed by atoms with E-state index in [1.54, 1.807) is 18.6 Å². The largest absolute Gasteiger partial charge is 0.444 e. The van der Waals surface area contributed by atoms with Crippen LogP contribution in [-0.4, -0.2) is 161 Å². The molecule has 27 nitrogen and oxygen atoms in total. The third kappa shape index (κ3) is 17.0. The number of nitrogens with one attached hydrogen (secondary N) is 4. The average Bonchev–Trinajstić information content (AvgIpc) is 1.09. The molecule has 6 aromatic heterocycles. The number of ether oxygens (including phenoxy) is 1. The number of hydrogen-bond donors (Lipinski definition) is 6. The zero-order valence-electron chi connectivity index (χ0n) is 55.6. The van der Waals surface area contributed by atoms with Crippen LogP contribution >= 0.6 is 0 Å². The molecule has 6 N–H and O–H groups in total. The van der Waals surface area contributed by atoms with E-state index in [2.05, 4.69) is 55.8 Å². The number of aliphatic hydroxyl groups is 2. The summed E-state index contributed by atoms with van der Waals surface area (Å²) in [4.78, 5) is 84.5. The molecule has 0 saturated carbocycles. The topological polar surface area (TPSA) is 321 Å². The molecular formula is C74H76N18O9. The summed E-state index contributed by atoms with van der Waals surface area (Å²) >= 11 is 0. The highest BCUT2D eigenvalue weighted by atomic mass is 16.5. The quantitative estimate of drug-likeness (QED) is 0.0306. The van der Waals surface area contributed by atoms with E-state index in [-0.39, 0.29) is 19.4 Å². The molecule has 0 radical (unpaired) electrons. The van der Waals surface area contributed by atoms with Crippen LogP contribution in [0.1, 0.15) is 52.2 Å². The van der Waals surface area contributed by atoms with Gasteiger partial charge in [-0.05, 0) is 115 Å². The van der Waals surface area contributed by atoms with E-state index in [1.807, 2.05) is 139 Å². The van der Waals surface area contributed by atoms with Gasteiger partial charge in [0.15, 0.2) is 36.5 Å². The van der Waals surface area contributed by atoms with Crippen LogP contribution in [0.4, 0.5) is 63.7 Å². The van der Waals surface area contributed by atoms with Gasteiger partial charge >= 0.3 is 0 Å². The van der Waals surface area contributed by atoms with Crippen molar-refractivity contribution in [1.82, 2.24) is 59.6 Å². The van der Waals surface area contributed by atoms with Crippen molar-refractivity contribution < 1.29 is 42.6 Å². The number of benzene rings is 5. The van der Waals surface area contributed by atoms with Crippen LogP contribution in [-0.2, 0) is 64.6 Å². The molecule has 0 spiro atoms. The highest BCUT2D eigenvalue weighted by Crippen LogP contribution is 2.36. The van der Waals surface area contributed by atoms with E-state index >= 15 is 0 Å². The zero-order chi connectivity index (χ0) is 69.3. The van der Waals surface area contributed by atoms with Crippen molar-refractivity contribution in [2.75, 3.05) is 97.1 Å². The molecule has 0 unspecified atom stereocenters. The maximum Gasteiger partial charge on any atom is 0.229 e. The van der Waals surface area contributed by atoms with E-state index in [0.29, 0.717) is 87.4 Å². The molecule has 0 amide bonds. The molecule has 11 aromatic rings. The summed E-state index contributed by atoms with van der Waals surface area (Å²) in [5, 5.41) is 32.7. The van der Waals surface area contributed by atoms with Crippen LogP contribution in [0, 0.1) is 0 Å². The molecule has 27 heteroatoms. The first kappa shape index (κ1) is 68.1. The fraction of sp³-hybridized carbons (Fsp3) is 0.270. The molecule has 0 bridgehead atoms. The zero-order valence-corrected chi connectivity index (χ0v) is 55.6. The van der Waals surface area contributed by atoms with Crippen molar-refractivity contribution in [2.45, 2.75) is 64.6 Å². The highest BCUT2D eigenvalue weighted by molar-refractivity contribution is 5.71. The van der Waals surface area contributed by atoms with Crippen molar-refractivity contribution >= 4 is 82.6 Å². The fourth-order valence-corrected chi connectivity index (χ4v) is 12.5. The van der Waals surface area contributed by atoms with Crippen LogP contribution in [0.15, 0.2) is 178 Å². The Kier molecular flexibility index (Phi) is 22.2. The summed E-state index contributed by atoms with van der Waals surface area (Å²) in [5.41, 5.74) is 13.8. The molecule has 1 saturated heterocycles. The van der Waals surface area contributed by atoms with Crippen molar-refractivity contribution in [3.63, 3.8) is 0 Å². The van der Waals surface area contributed by atoms with Crippen LogP contribution in [0.5, 0.6) is 0 Å². The fourth-order valence-electron chi connectivity index (χ4n) is 12.5. The molecule has 1 fully saturated rings.